The number of nitrogens with one attached hydrogen (secondary N) is 1. The smallest absolute Gasteiger partial charge is 0.257 e. The molecular formula is C24H23N7O. The van der Waals surface area contributed by atoms with Crippen LogP contribution in [0.3, 0.4) is 0 Å². The summed E-state index contributed by atoms with van der Waals surface area (Å²) in [5.41, 5.74) is 2.58. The number of hydrogen-bond acceptors (Lipinski definition) is 7. The molecule has 0 bridgehead atoms. The highest BCUT2D eigenvalue weighted by Gasteiger charge is 2.17. The summed E-state index contributed by atoms with van der Waals surface area (Å²) in [5, 5.41) is 12.7. The van der Waals surface area contributed by atoms with E-state index in [1.165, 1.54) is 0 Å². The van der Waals surface area contributed by atoms with Crippen LogP contribution in [-0.2, 0) is 0 Å². The summed E-state index contributed by atoms with van der Waals surface area (Å²) in [7, 11) is 2.11. The van der Waals surface area contributed by atoms with Crippen molar-refractivity contribution in [2.45, 2.75) is 0 Å². The molecule has 0 unspecified atom stereocenters. The van der Waals surface area contributed by atoms with Crippen molar-refractivity contribution in [1.29, 1.82) is 0 Å². The summed E-state index contributed by atoms with van der Waals surface area (Å²) in [6.45, 7) is 3.76. The Morgan fingerprint density at radius 3 is 2.53 bits per heavy atom. The molecule has 1 saturated heterocycles. The highest BCUT2D eigenvalue weighted by molar-refractivity contribution is 6.05. The summed E-state index contributed by atoms with van der Waals surface area (Å²) >= 11 is 0. The predicted octanol–water partition coefficient (Wildman–Crippen LogP) is 3.09. The third-order valence-corrected chi connectivity index (χ3v) is 5.72. The highest BCUT2D eigenvalue weighted by atomic mass is 16.1. The lowest BCUT2D eigenvalue weighted by Crippen LogP contribution is -2.44. The Labute approximate surface area is 185 Å². The molecule has 1 aliphatic heterocycles. The maximum absolute atomic E-state index is 12.9. The average molecular weight is 425 g/mol. The van der Waals surface area contributed by atoms with Crippen molar-refractivity contribution in [3.8, 4) is 11.1 Å². The first-order chi connectivity index (χ1) is 15.7. The van der Waals surface area contributed by atoms with Crippen molar-refractivity contribution in [3.05, 3.63) is 72.8 Å². The lowest BCUT2D eigenvalue weighted by molar-refractivity contribution is 0.102. The molecular weight excluding hydrogens is 402 g/mol. The number of fused-ring (bicyclic) bond motifs is 1. The number of carbonyl (C=O) groups excluding carboxylic acids is 1. The summed E-state index contributed by atoms with van der Waals surface area (Å²) < 4.78 is 0. The van der Waals surface area contributed by atoms with E-state index in [-0.39, 0.29) is 5.91 Å². The van der Waals surface area contributed by atoms with Gasteiger partial charge in [0.1, 0.15) is 11.6 Å². The topological polar surface area (TPSA) is 87.1 Å². The van der Waals surface area contributed by atoms with Crippen LogP contribution in [0.1, 0.15) is 10.4 Å². The van der Waals surface area contributed by atoms with Crippen LogP contribution in [-0.4, -0.2) is 64.2 Å². The molecule has 1 fully saturated rings. The normalized spacial score (nSPS) is 14.5. The van der Waals surface area contributed by atoms with Crippen molar-refractivity contribution in [3.63, 3.8) is 0 Å². The fourth-order valence-corrected chi connectivity index (χ4v) is 3.81. The maximum atomic E-state index is 12.9. The minimum absolute atomic E-state index is 0.205. The second-order valence-corrected chi connectivity index (χ2v) is 7.91. The van der Waals surface area contributed by atoms with Crippen molar-refractivity contribution in [2.24, 2.45) is 0 Å². The summed E-state index contributed by atoms with van der Waals surface area (Å²) in [5.74, 6) is 1.13. The molecule has 160 valence electrons. The SMILES string of the molecule is CN1CCN(c2cc(C(=O)Nc3cc4cc(-c5ccnnc5)ccc4cn3)ccn2)CC1. The van der Waals surface area contributed by atoms with Crippen LogP contribution in [0.2, 0.25) is 0 Å². The first kappa shape index (κ1) is 20.0. The number of benzene rings is 1. The van der Waals surface area contributed by atoms with Crippen LogP contribution < -0.4 is 10.2 Å². The minimum atomic E-state index is -0.205. The zero-order chi connectivity index (χ0) is 21.9. The molecule has 1 N–H and O–H groups in total. The number of anilines is 2. The Morgan fingerprint density at radius 1 is 0.844 bits per heavy atom. The van der Waals surface area contributed by atoms with Crippen molar-refractivity contribution < 1.29 is 4.79 Å². The number of aromatic nitrogens is 4. The van der Waals surface area contributed by atoms with Crippen LogP contribution in [0.5, 0.6) is 0 Å². The number of carbonyl (C=O) groups is 1. The Bertz CT molecular complexity index is 1250. The lowest BCUT2D eigenvalue weighted by atomic mass is 10.0. The molecule has 4 heterocycles. The Kier molecular flexibility index (Phi) is 5.43. The minimum Gasteiger partial charge on any atom is -0.354 e. The van der Waals surface area contributed by atoms with E-state index in [0.717, 1.165) is 53.9 Å². The zero-order valence-corrected chi connectivity index (χ0v) is 17.8. The van der Waals surface area contributed by atoms with Gasteiger partial charge in [0.25, 0.3) is 5.91 Å². The number of piperazine rings is 1. The Hall–Kier alpha value is -3.91. The molecule has 3 aromatic heterocycles. The van der Waals surface area contributed by atoms with E-state index >= 15 is 0 Å². The molecule has 4 aromatic rings. The van der Waals surface area contributed by atoms with E-state index in [1.54, 1.807) is 30.9 Å². The monoisotopic (exact) mass is 425 g/mol. The molecule has 1 amide bonds. The van der Waals surface area contributed by atoms with Crippen LogP contribution in [0.4, 0.5) is 11.6 Å². The van der Waals surface area contributed by atoms with Crippen LogP contribution in [0, 0.1) is 0 Å². The second kappa shape index (κ2) is 8.68. The predicted molar refractivity (Wildman–Crippen MR) is 125 cm³/mol. The molecule has 1 aliphatic rings. The van der Waals surface area contributed by atoms with Crippen molar-refractivity contribution >= 4 is 28.3 Å². The number of pyridine rings is 2. The Morgan fingerprint density at radius 2 is 1.72 bits per heavy atom. The largest absolute Gasteiger partial charge is 0.354 e. The molecule has 32 heavy (non-hydrogen) atoms. The van der Waals surface area contributed by atoms with Crippen LogP contribution in [0.25, 0.3) is 21.9 Å². The molecule has 0 atom stereocenters. The number of hydrogen-bond donors (Lipinski definition) is 1. The van der Waals surface area contributed by atoms with Crippen molar-refractivity contribution in [1.82, 2.24) is 25.1 Å². The molecule has 0 aliphatic carbocycles. The average Bonchev–Trinajstić information content (AvgIpc) is 2.84. The van der Waals surface area contributed by atoms with E-state index in [2.05, 4.69) is 48.4 Å². The van der Waals surface area contributed by atoms with Gasteiger partial charge in [0.2, 0.25) is 0 Å². The van der Waals surface area contributed by atoms with E-state index in [1.807, 2.05) is 30.3 Å². The zero-order valence-electron chi connectivity index (χ0n) is 17.8. The molecule has 0 saturated carbocycles. The fourth-order valence-electron chi connectivity index (χ4n) is 3.81. The molecule has 8 nitrogen and oxygen atoms in total. The van der Waals surface area contributed by atoms with E-state index < -0.39 is 0 Å². The summed E-state index contributed by atoms with van der Waals surface area (Å²) in [6, 6.07) is 13.5. The highest BCUT2D eigenvalue weighted by Crippen LogP contribution is 2.25. The maximum Gasteiger partial charge on any atom is 0.257 e. The fraction of sp³-hybridized carbons (Fsp3) is 0.208. The van der Waals surface area contributed by atoms with Gasteiger partial charge < -0.3 is 15.1 Å². The molecule has 0 spiro atoms. The van der Waals surface area contributed by atoms with Crippen LogP contribution >= 0.6 is 0 Å². The van der Waals surface area contributed by atoms with E-state index in [9.17, 15) is 4.79 Å². The first-order valence-corrected chi connectivity index (χ1v) is 10.5. The van der Waals surface area contributed by atoms with Gasteiger partial charge in [-0.3, -0.25) is 4.79 Å². The number of rotatable bonds is 4. The number of amides is 1. The number of likely N-dealkylation sites (N-methyl/N-ethyl adjacent to an activating group) is 1. The molecule has 8 heteroatoms. The Balaban J connectivity index is 1.36. The lowest BCUT2D eigenvalue weighted by Gasteiger charge is -2.33. The summed E-state index contributed by atoms with van der Waals surface area (Å²) in [4.78, 5) is 26.3. The van der Waals surface area contributed by atoms with Gasteiger partial charge in [-0.1, -0.05) is 12.1 Å². The third kappa shape index (κ3) is 4.26. The first-order valence-electron chi connectivity index (χ1n) is 10.5. The quantitative estimate of drug-likeness (QED) is 0.538. The molecule has 0 radical (unpaired) electrons. The van der Waals surface area contributed by atoms with Gasteiger partial charge in [0.15, 0.2) is 0 Å². The van der Waals surface area contributed by atoms with Gasteiger partial charge >= 0.3 is 0 Å². The van der Waals surface area contributed by atoms with Gasteiger partial charge in [-0.25, -0.2) is 9.97 Å². The van der Waals surface area contributed by atoms with E-state index in [4.69, 9.17) is 0 Å². The molecule has 1 aromatic carbocycles. The van der Waals surface area contributed by atoms with E-state index in [0.29, 0.717) is 11.4 Å². The van der Waals surface area contributed by atoms with Crippen LogP contribution in [0.15, 0.2) is 67.3 Å². The summed E-state index contributed by atoms with van der Waals surface area (Å²) in [6.07, 6.45) is 6.85. The van der Waals surface area contributed by atoms with Gasteiger partial charge in [0.05, 0.1) is 12.4 Å². The van der Waals surface area contributed by atoms with Gasteiger partial charge in [-0.2, -0.15) is 10.2 Å². The van der Waals surface area contributed by atoms with Gasteiger partial charge in [0, 0.05) is 55.1 Å². The van der Waals surface area contributed by atoms with Crippen molar-refractivity contribution in [2.75, 3.05) is 43.4 Å². The van der Waals surface area contributed by atoms with Gasteiger partial charge in [-0.15, -0.1) is 0 Å². The number of nitrogens with zero attached hydrogens (tertiary/aromatic N) is 6. The standard InChI is InChI=1S/C24H23N7O/c1-30-8-10-31(11-9-30)23-14-18(4-6-25-23)24(32)29-22-13-21-12-17(2-3-19(21)15-26-22)20-5-7-27-28-16-20/h2-7,12-16H,8-11H2,1H3,(H,26,29,32). The van der Waals surface area contributed by atoms with Gasteiger partial charge in [-0.05, 0) is 48.3 Å². The second-order valence-electron chi connectivity index (χ2n) is 7.91. The molecule has 5 rings (SSSR count). The third-order valence-electron chi connectivity index (χ3n) is 5.72.